The van der Waals surface area contributed by atoms with Crippen LogP contribution in [0.1, 0.15) is 0 Å². The van der Waals surface area contributed by atoms with Gasteiger partial charge in [-0.2, -0.15) is 0 Å². The Balaban J connectivity index is -0.0000000400. The predicted octanol–water partition coefficient (Wildman–Crippen LogP) is -2.12. The molecule has 4 nitrogen and oxygen atoms in total. The van der Waals surface area contributed by atoms with E-state index in [1.807, 2.05) is 0 Å². The molecule has 0 amide bonds. The second-order valence-corrected chi connectivity index (χ2v) is 0.211. The Morgan fingerprint density at radius 2 is 1.00 bits per heavy atom. The summed E-state index contributed by atoms with van der Waals surface area (Å²) in [5, 5.41) is 13.8. The Morgan fingerprint density at radius 3 is 1.00 bits per heavy atom. The van der Waals surface area contributed by atoms with Crippen molar-refractivity contribution in [1.29, 1.82) is 0 Å². The van der Waals surface area contributed by atoms with E-state index in [1.165, 1.54) is 0 Å². The average molecular weight is 194 g/mol. The Morgan fingerprint density at radius 1 is 1.00 bits per heavy atom. The van der Waals surface area contributed by atoms with E-state index in [0.29, 0.717) is 0 Å². The van der Waals surface area contributed by atoms with Crippen LogP contribution in [0.4, 0.5) is 0 Å². The molecule has 0 aliphatic heterocycles. The summed E-state index contributed by atoms with van der Waals surface area (Å²) >= 11 is 0. The van der Waals surface area contributed by atoms with Gasteiger partial charge in [0.05, 0.1) is 0 Å². The van der Waals surface area contributed by atoms with Crippen molar-refractivity contribution in [2.75, 3.05) is 0 Å². The molecular formula is H2B2O4Pd. The third-order valence-electron chi connectivity index (χ3n) is 0. The van der Waals surface area contributed by atoms with Crippen LogP contribution >= 0.6 is 0 Å². The smallest absolute Gasteiger partial charge is 0 e. The fourth-order valence-electron chi connectivity index (χ4n) is 0. The third kappa shape index (κ3) is 1570000. The molecule has 0 spiro atoms. The molecule has 42 valence electrons. The van der Waals surface area contributed by atoms with Crippen LogP contribution in [-0.2, 0) is 29.8 Å². The molecule has 2 N–H and O–H groups in total. The number of hydrogen-bond donors (Lipinski definition) is 2. The molecule has 0 aromatic rings. The summed E-state index contributed by atoms with van der Waals surface area (Å²) in [7, 11) is -0.500. The van der Waals surface area contributed by atoms with Crippen LogP contribution < -0.4 is 0 Å². The Hall–Kier alpha value is -0.00779. The summed E-state index contributed by atoms with van der Waals surface area (Å²) in [4.78, 5) is 0. The minimum atomic E-state index is -0.250. The summed E-state index contributed by atoms with van der Waals surface area (Å²) in [6, 6.07) is 0. The summed E-state index contributed by atoms with van der Waals surface area (Å²) in [6.45, 7) is 0. The molecule has 0 atom stereocenters. The fourth-order valence-corrected chi connectivity index (χ4v) is 0. The van der Waals surface area contributed by atoms with Gasteiger partial charge in [-0.1, -0.05) is 0 Å². The molecule has 0 saturated carbocycles. The molecule has 0 rings (SSSR count). The van der Waals surface area contributed by atoms with Gasteiger partial charge in [-0.15, -0.1) is 0 Å². The molecule has 0 fully saturated rings. The molecule has 0 aromatic carbocycles. The Bertz CT molecular complexity index is 30.7. The van der Waals surface area contributed by atoms with Gasteiger partial charge in [-0.05, 0) is 0 Å². The van der Waals surface area contributed by atoms with Gasteiger partial charge >= 0.3 is 34.2 Å². The average Bonchev–Trinajstić information content (AvgIpc) is 1.39. The molecule has 0 radical (unpaired) electrons. The van der Waals surface area contributed by atoms with Crippen LogP contribution in [0.15, 0.2) is 0 Å². The first-order chi connectivity index (χ1) is 2.83. The molecule has 0 aromatic heterocycles. The zero-order valence-electron chi connectivity index (χ0n) is 3.18. The quantitative estimate of drug-likeness (QED) is 0.432. The van der Waals surface area contributed by atoms with Gasteiger partial charge < -0.3 is 0 Å². The topological polar surface area (TPSA) is 74.6 Å². The fraction of sp³-hybridized carbons (Fsp3) is 0. The van der Waals surface area contributed by atoms with Crippen molar-refractivity contribution in [2.45, 2.75) is 0 Å². The maximum absolute atomic E-state index is 8.36. The van der Waals surface area contributed by atoms with E-state index >= 15 is 0 Å². The maximum Gasteiger partial charge on any atom is 0 e. The van der Waals surface area contributed by atoms with E-state index in [9.17, 15) is 0 Å². The first-order valence-electron chi connectivity index (χ1n) is 0.988. The van der Waals surface area contributed by atoms with Crippen LogP contribution in [0.5, 0.6) is 0 Å². The van der Waals surface area contributed by atoms with Gasteiger partial charge in [-0.25, -0.2) is 0 Å². The molecular weight excluding hydrogens is 192 g/mol. The monoisotopic (exact) mass is 194 g/mol. The maximum atomic E-state index is 8.36. The molecule has 0 saturated heterocycles. The predicted molar refractivity (Wildman–Crippen MR) is 17.3 cm³/mol. The van der Waals surface area contributed by atoms with Crippen molar-refractivity contribution in [1.82, 2.24) is 0 Å². The summed E-state index contributed by atoms with van der Waals surface area (Å²) in [5.41, 5.74) is 0. The van der Waals surface area contributed by atoms with Crippen molar-refractivity contribution in [3.63, 3.8) is 0 Å². The SMILES string of the molecule is O=BO.O=BO.[Pd]. The zero-order valence-corrected chi connectivity index (χ0v) is 4.74. The van der Waals surface area contributed by atoms with Crippen LogP contribution in [0.25, 0.3) is 0 Å². The molecule has 0 bridgehead atoms. The van der Waals surface area contributed by atoms with Gasteiger partial charge in [0.2, 0.25) is 0 Å². The minimum absolute atomic E-state index is 0. The van der Waals surface area contributed by atoms with E-state index in [4.69, 9.17) is 19.5 Å². The molecule has 0 aliphatic rings. The van der Waals surface area contributed by atoms with Crippen LogP contribution in [0, 0.1) is 0 Å². The van der Waals surface area contributed by atoms with Gasteiger partial charge in [0.25, 0.3) is 0 Å². The van der Waals surface area contributed by atoms with Gasteiger partial charge in [-0.3, -0.25) is 0 Å². The largest absolute Gasteiger partial charge is 0 e. The zero-order chi connectivity index (χ0) is 5.41. The van der Waals surface area contributed by atoms with Crippen LogP contribution in [0.3, 0.4) is 0 Å². The van der Waals surface area contributed by atoms with Crippen molar-refractivity contribution >= 4 is 14.7 Å². The molecule has 7 heteroatoms. The number of hydrogen-bond acceptors (Lipinski definition) is 2. The van der Waals surface area contributed by atoms with Crippen molar-refractivity contribution in [3.8, 4) is 0 Å². The summed E-state index contributed by atoms with van der Waals surface area (Å²) in [5.74, 6) is 0. The molecule has 0 aliphatic carbocycles. The normalized spacial score (nSPS) is 2.29. The van der Waals surface area contributed by atoms with E-state index < -0.39 is 0 Å². The van der Waals surface area contributed by atoms with E-state index in [-0.39, 0.29) is 35.1 Å². The second kappa shape index (κ2) is 37.6. The van der Waals surface area contributed by atoms with Gasteiger partial charge in [0, 0.05) is 20.4 Å². The standard InChI is InChI=1S/2BHO2.Pd/c2*2-1-3;/h2*2H;. The summed E-state index contributed by atoms with van der Waals surface area (Å²) in [6.07, 6.45) is 0. The van der Waals surface area contributed by atoms with Gasteiger partial charge in [0.1, 0.15) is 0 Å². The number of rotatable bonds is 0. The van der Waals surface area contributed by atoms with E-state index in [1.54, 1.807) is 0 Å². The minimum Gasteiger partial charge on any atom is 0 e. The second-order valence-electron chi connectivity index (χ2n) is 0.211. The van der Waals surface area contributed by atoms with Crippen molar-refractivity contribution in [3.05, 3.63) is 0 Å². The molecule has 7 heavy (non-hydrogen) atoms. The molecule has 0 unspecified atom stereocenters. The Labute approximate surface area is 55.1 Å². The first kappa shape index (κ1) is 15.8. The van der Waals surface area contributed by atoms with Crippen LogP contribution in [0.2, 0.25) is 0 Å². The van der Waals surface area contributed by atoms with Crippen LogP contribution in [-0.4, -0.2) is 24.8 Å². The van der Waals surface area contributed by atoms with Gasteiger partial charge in [0.15, 0.2) is 0 Å². The first-order valence-corrected chi connectivity index (χ1v) is 0.988. The Kier molecular flexibility index (Phi) is 84.7. The van der Waals surface area contributed by atoms with E-state index in [0.717, 1.165) is 0 Å². The summed E-state index contributed by atoms with van der Waals surface area (Å²) < 4.78 is 16.7. The van der Waals surface area contributed by atoms with Crippen molar-refractivity contribution < 1.29 is 39.9 Å². The van der Waals surface area contributed by atoms with Crippen molar-refractivity contribution in [2.24, 2.45) is 0 Å². The van der Waals surface area contributed by atoms with E-state index in [2.05, 4.69) is 0 Å². The third-order valence-corrected chi connectivity index (χ3v) is 0. The molecule has 0 heterocycles.